The Balaban J connectivity index is 2.29. The van der Waals surface area contributed by atoms with Crippen LogP contribution < -0.4 is 0 Å². The van der Waals surface area contributed by atoms with Crippen LogP contribution in [-0.4, -0.2) is 16.7 Å². The summed E-state index contributed by atoms with van der Waals surface area (Å²) in [6, 6.07) is 6.74. The van der Waals surface area contributed by atoms with E-state index < -0.39 is 5.41 Å². The molecule has 0 spiro atoms. The molecule has 110 valence electrons. The molecule has 1 aliphatic heterocycles. The lowest BCUT2D eigenvalue weighted by Crippen LogP contribution is -2.54. The van der Waals surface area contributed by atoms with Crippen LogP contribution in [0, 0.1) is 5.41 Å². The molecule has 0 N–H and O–H groups in total. The molecule has 1 heterocycles. The molecule has 1 saturated heterocycles. The van der Waals surface area contributed by atoms with Crippen LogP contribution in [0.5, 0.6) is 0 Å². The quantitative estimate of drug-likeness (QED) is 0.364. The fraction of sp³-hybridized carbons (Fsp3) is 0.467. The van der Waals surface area contributed by atoms with E-state index in [9.17, 15) is 9.59 Å². The van der Waals surface area contributed by atoms with E-state index in [0.29, 0.717) is 18.5 Å². The summed E-state index contributed by atoms with van der Waals surface area (Å²) in [6.07, 6.45) is 0.979. The number of β-lactam (4-membered cyclic amide) rings is 1. The van der Waals surface area contributed by atoms with E-state index >= 15 is 0 Å². The van der Waals surface area contributed by atoms with Crippen molar-refractivity contribution >= 4 is 17.5 Å². The van der Waals surface area contributed by atoms with Gasteiger partial charge in [-0.1, -0.05) is 44.1 Å². The second kappa shape index (κ2) is 5.58. The minimum absolute atomic E-state index is 0.152. The second-order valence-corrected chi connectivity index (χ2v) is 5.81. The van der Waals surface area contributed by atoms with Crippen molar-refractivity contribution < 1.29 is 9.59 Å². The molecule has 0 bridgehead atoms. The number of amides is 2. The second-order valence-electron chi connectivity index (χ2n) is 5.81. The fourth-order valence-electron chi connectivity index (χ4n) is 2.26. The van der Waals surface area contributed by atoms with Crippen LogP contribution in [-0.2, 0) is 9.59 Å². The number of carbonyl (C=O) groups excluding carboxylic acids is 2. The predicted molar refractivity (Wildman–Crippen MR) is 78.5 cm³/mol. The largest absolute Gasteiger partial charge is 0.274 e. The highest BCUT2D eigenvalue weighted by atomic mass is 16.2. The Hall–Kier alpha value is -2.33. The molecule has 0 aromatic heterocycles. The molecule has 1 atom stereocenters. The van der Waals surface area contributed by atoms with Crippen molar-refractivity contribution in [2.75, 3.05) is 0 Å². The predicted octanol–water partition coefficient (Wildman–Crippen LogP) is 3.86. The summed E-state index contributed by atoms with van der Waals surface area (Å²) in [7, 11) is 0. The molecular weight excluding hydrogens is 268 g/mol. The molecule has 6 nitrogen and oxygen atoms in total. The van der Waals surface area contributed by atoms with Crippen molar-refractivity contribution in [2.45, 2.75) is 39.7 Å². The third kappa shape index (κ3) is 2.76. The van der Waals surface area contributed by atoms with E-state index in [1.165, 1.54) is 4.90 Å². The lowest BCUT2D eigenvalue weighted by Gasteiger charge is -2.42. The fourth-order valence-corrected chi connectivity index (χ4v) is 2.26. The first-order valence-corrected chi connectivity index (χ1v) is 6.92. The maximum Gasteiger partial charge on any atom is 0.235 e. The smallest absolute Gasteiger partial charge is 0.235 e. The Kier molecular flexibility index (Phi) is 4.00. The van der Waals surface area contributed by atoms with Crippen LogP contribution in [0.1, 0.15) is 45.2 Å². The van der Waals surface area contributed by atoms with E-state index in [1.54, 1.807) is 18.2 Å². The van der Waals surface area contributed by atoms with Crippen molar-refractivity contribution in [3.05, 3.63) is 40.3 Å². The topological polar surface area (TPSA) is 86.1 Å². The first kappa shape index (κ1) is 15.1. The Morgan fingerprint density at radius 3 is 2.81 bits per heavy atom. The Morgan fingerprint density at radius 2 is 2.24 bits per heavy atom. The van der Waals surface area contributed by atoms with E-state index in [0.717, 1.165) is 5.56 Å². The van der Waals surface area contributed by atoms with Gasteiger partial charge in [-0.3, -0.25) is 14.5 Å². The first-order valence-electron chi connectivity index (χ1n) is 6.92. The van der Waals surface area contributed by atoms with Gasteiger partial charge in [0.1, 0.15) is 0 Å². The maximum absolute atomic E-state index is 12.5. The van der Waals surface area contributed by atoms with Gasteiger partial charge in [-0.15, -0.1) is 0 Å². The Bertz CT molecular complexity index is 632. The van der Waals surface area contributed by atoms with Crippen molar-refractivity contribution in [2.24, 2.45) is 10.5 Å². The van der Waals surface area contributed by atoms with E-state index in [1.807, 2.05) is 26.8 Å². The number of azide groups is 1. The first-order chi connectivity index (χ1) is 9.90. The Labute approximate surface area is 123 Å². The average molecular weight is 286 g/mol. The van der Waals surface area contributed by atoms with Crippen molar-refractivity contribution in [1.82, 2.24) is 4.90 Å². The highest BCUT2D eigenvalue weighted by molar-refractivity contribution is 6.02. The third-order valence-corrected chi connectivity index (χ3v) is 4.05. The number of hydrogen-bond acceptors (Lipinski definition) is 3. The number of nitrogens with zero attached hydrogens (tertiary/aromatic N) is 4. The molecule has 0 radical (unpaired) electrons. The van der Waals surface area contributed by atoms with Gasteiger partial charge in [0.15, 0.2) is 0 Å². The summed E-state index contributed by atoms with van der Waals surface area (Å²) in [5.74, 6) is -0.304. The van der Waals surface area contributed by atoms with Gasteiger partial charge >= 0.3 is 0 Å². The number of imide groups is 1. The van der Waals surface area contributed by atoms with Crippen molar-refractivity contribution in [3.8, 4) is 0 Å². The molecule has 0 saturated carbocycles. The summed E-state index contributed by atoms with van der Waals surface area (Å²) in [4.78, 5) is 28.4. The molecule has 0 aliphatic carbocycles. The number of likely N-dealkylation sites (tertiary alicyclic amines) is 1. The number of benzene rings is 1. The lowest BCUT2D eigenvalue weighted by molar-refractivity contribution is -0.164. The lowest BCUT2D eigenvalue weighted by atomic mass is 9.84. The third-order valence-electron chi connectivity index (χ3n) is 4.05. The van der Waals surface area contributed by atoms with E-state index in [2.05, 4.69) is 10.0 Å². The minimum Gasteiger partial charge on any atom is -0.274 e. The summed E-state index contributed by atoms with van der Waals surface area (Å²) in [6.45, 7) is 5.61. The van der Waals surface area contributed by atoms with Gasteiger partial charge in [0.25, 0.3) is 0 Å². The highest BCUT2D eigenvalue weighted by Crippen LogP contribution is 2.39. The molecule has 2 rings (SSSR count). The molecule has 1 fully saturated rings. The summed E-state index contributed by atoms with van der Waals surface area (Å²) < 4.78 is 0. The zero-order valence-corrected chi connectivity index (χ0v) is 12.4. The molecule has 1 unspecified atom stereocenters. The van der Waals surface area contributed by atoms with E-state index in [-0.39, 0.29) is 17.9 Å². The minimum atomic E-state index is -0.559. The molecule has 1 aliphatic rings. The van der Waals surface area contributed by atoms with Gasteiger partial charge in [-0.05, 0) is 23.6 Å². The van der Waals surface area contributed by atoms with Gasteiger partial charge in [0.05, 0.1) is 12.5 Å². The van der Waals surface area contributed by atoms with Crippen LogP contribution in [0.15, 0.2) is 29.4 Å². The number of carbonyl (C=O) groups is 2. The van der Waals surface area contributed by atoms with Crippen LogP contribution in [0.3, 0.4) is 0 Å². The molecule has 1 aromatic rings. The number of rotatable bonds is 4. The van der Waals surface area contributed by atoms with Gasteiger partial charge < -0.3 is 0 Å². The van der Waals surface area contributed by atoms with Gasteiger partial charge in [-0.2, -0.15) is 0 Å². The van der Waals surface area contributed by atoms with Crippen LogP contribution in [0.25, 0.3) is 10.4 Å². The summed E-state index contributed by atoms with van der Waals surface area (Å²) in [5, 5.41) is 3.55. The van der Waals surface area contributed by atoms with Crippen LogP contribution in [0.4, 0.5) is 5.69 Å². The molecule has 6 heteroatoms. The zero-order valence-electron chi connectivity index (χ0n) is 12.4. The number of hydrogen-bond donors (Lipinski definition) is 0. The van der Waals surface area contributed by atoms with Crippen LogP contribution >= 0.6 is 0 Å². The molecule has 1 aromatic carbocycles. The maximum atomic E-state index is 12.5. The molecule has 21 heavy (non-hydrogen) atoms. The van der Waals surface area contributed by atoms with Crippen molar-refractivity contribution in [1.29, 1.82) is 0 Å². The van der Waals surface area contributed by atoms with Gasteiger partial charge in [0.2, 0.25) is 11.8 Å². The van der Waals surface area contributed by atoms with Crippen LogP contribution in [0.2, 0.25) is 0 Å². The highest BCUT2D eigenvalue weighted by Gasteiger charge is 2.45. The normalized spacial score (nSPS) is 18.0. The van der Waals surface area contributed by atoms with Gasteiger partial charge in [0, 0.05) is 16.0 Å². The van der Waals surface area contributed by atoms with Crippen molar-refractivity contribution in [3.63, 3.8) is 0 Å². The summed E-state index contributed by atoms with van der Waals surface area (Å²) >= 11 is 0. The van der Waals surface area contributed by atoms with Gasteiger partial charge in [-0.25, -0.2) is 0 Å². The average Bonchev–Trinajstić information content (AvgIpc) is 2.45. The van der Waals surface area contributed by atoms with E-state index in [4.69, 9.17) is 5.53 Å². The Morgan fingerprint density at radius 1 is 1.52 bits per heavy atom. The SMILES string of the molecule is CCC(C)(C)C(=O)N1C(=O)CC1c1cccc(N=[N+]=[N-])c1. The zero-order chi connectivity index (χ0) is 15.6. The standard InChI is InChI=1S/C15H18N4O2/c1-4-15(2,3)14(21)19-12(9-13(19)20)10-6-5-7-11(8-10)17-18-16/h5-8,12H,4,9H2,1-3H3. The summed E-state index contributed by atoms with van der Waals surface area (Å²) in [5.41, 5.74) is 9.22. The molecular formula is C15H18N4O2. The molecule has 2 amide bonds. The monoisotopic (exact) mass is 286 g/mol.